The largest absolute Gasteiger partial charge is 0.361 e. The number of hydrogen-bond donors (Lipinski definition) is 1. The number of aromatic nitrogens is 1. The summed E-state index contributed by atoms with van der Waals surface area (Å²) < 4.78 is 4.78. The minimum Gasteiger partial charge on any atom is -0.339 e. The van der Waals surface area contributed by atoms with Gasteiger partial charge in [0, 0.05) is 5.92 Å². The average Bonchev–Trinajstić information content (AvgIpc) is 2.59. The van der Waals surface area contributed by atoms with Crippen LogP contribution >= 0.6 is 0 Å². The van der Waals surface area contributed by atoms with Gasteiger partial charge in [0.15, 0.2) is 0 Å². The lowest BCUT2D eigenvalue weighted by Gasteiger charge is -2.09. The van der Waals surface area contributed by atoms with E-state index in [1.165, 1.54) is 5.56 Å². The third-order valence-electron chi connectivity index (χ3n) is 2.93. The lowest BCUT2D eigenvalue weighted by Crippen LogP contribution is -2.08. The molecular formula is C13H15NO2. The first-order valence-electron chi connectivity index (χ1n) is 5.34. The van der Waals surface area contributed by atoms with Crippen LogP contribution in [0.15, 0.2) is 33.6 Å². The van der Waals surface area contributed by atoms with Crippen LogP contribution in [0.2, 0.25) is 0 Å². The fourth-order valence-corrected chi connectivity index (χ4v) is 1.91. The van der Waals surface area contributed by atoms with E-state index < -0.39 is 0 Å². The summed E-state index contributed by atoms with van der Waals surface area (Å²) in [6.07, 6.45) is 0. The highest BCUT2D eigenvalue weighted by atomic mass is 16.5. The molecule has 0 radical (unpaired) electrons. The van der Waals surface area contributed by atoms with Crippen molar-refractivity contribution in [1.82, 2.24) is 5.16 Å². The van der Waals surface area contributed by atoms with Gasteiger partial charge in [-0.2, -0.15) is 0 Å². The molecule has 1 heterocycles. The van der Waals surface area contributed by atoms with Crippen LogP contribution in [0.5, 0.6) is 0 Å². The number of nitrogens with one attached hydrogen (secondary N) is 1. The molecule has 0 saturated carbocycles. The summed E-state index contributed by atoms with van der Waals surface area (Å²) in [5.74, 6) is 0.0584. The summed E-state index contributed by atoms with van der Waals surface area (Å²) in [5, 5.41) is 2.61. The zero-order valence-corrected chi connectivity index (χ0v) is 9.70. The number of rotatable bonds is 2. The van der Waals surface area contributed by atoms with Gasteiger partial charge in [-0.15, -0.1) is 0 Å². The summed E-state index contributed by atoms with van der Waals surface area (Å²) in [7, 11) is 0. The average molecular weight is 217 g/mol. The van der Waals surface area contributed by atoms with Crippen molar-refractivity contribution >= 4 is 0 Å². The standard InChI is InChI=1S/C13H15NO2/c1-8-4-6-11(7-5-8)9(2)12-10(3)14-16-13(12)15/h4-7,9,14H,1-3H3. The van der Waals surface area contributed by atoms with Crippen molar-refractivity contribution in [3.63, 3.8) is 0 Å². The van der Waals surface area contributed by atoms with E-state index in [-0.39, 0.29) is 11.5 Å². The fourth-order valence-electron chi connectivity index (χ4n) is 1.91. The lowest BCUT2D eigenvalue weighted by atomic mass is 9.93. The van der Waals surface area contributed by atoms with E-state index in [2.05, 4.69) is 17.3 Å². The molecule has 0 aliphatic rings. The number of aryl methyl sites for hydroxylation is 2. The normalized spacial score (nSPS) is 12.7. The van der Waals surface area contributed by atoms with Crippen LogP contribution in [0.25, 0.3) is 0 Å². The molecule has 1 aromatic heterocycles. The topological polar surface area (TPSA) is 46.0 Å². The first-order valence-corrected chi connectivity index (χ1v) is 5.34. The maximum absolute atomic E-state index is 11.5. The SMILES string of the molecule is Cc1ccc(C(C)c2c(C)[nH]oc2=O)cc1. The van der Waals surface area contributed by atoms with Gasteiger partial charge in [-0.25, -0.2) is 9.95 Å². The van der Waals surface area contributed by atoms with Crippen LogP contribution in [-0.2, 0) is 0 Å². The van der Waals surface area contributed by atoms with Crippen LogP contribution in [0.4, 0.5) is 0 Å². The van der Waals surface area contributed by atoms with Crippen molar-refractivity contribution in [2.45, 2.75) is 26.7 Å². The zero-order chi connectivity index (χ0) is 11.7. The summed E-state index contributed by atoms with van der Waals surface area (Å²) >= 11 is 0. The van der Waals surface area contributed by atoms with Crippen molar-refractivity contribution in [2.24, 2.45) is 0 Å². The molecular weight excluding hydrogens is 202 g/mol. The molecule has 0 spiro atoms. The molecule has 0 aliphatic carbocycles. The fraction of sp³-hybridized carbons (Fsp3) is 0.308. The molecule has 3 heteroatoms. The highest BCUT2D eigenvalue weighted by Gasteiger charge is 2.17. The highest BCUT2D eigenvalue weighted by molar-refractivity contribution is 5.33. The smallest absolute Gasteiger partial charge is 0.339 e. The van der Waals surface area contributed by atoms with Crippen molar-refractivity contribution in [3.8, 4) is 0 Å². The highest BCUT2D eigenvalue weighted by Crippen LogP contribution is 2.23. The summed E-state index contributed by atoms with van der Waals surface area (Å²) in [4.78, 5) is 11.5. The molecule has 2 rings (SSSR count). The van der Waals surface area contributed by atoms with Crippen LogP contribution in [-0.4, -0.2) is 5.16 Å². The Morgan fingerprint density at radius 2 is 1.81 bits per heavy atom. The van der Waals surface area contributed by atoms with Gasteiger partial charge in [0.25, 0.3) is 0 Å². The van der Waals surface area contributed by atoms with Crippen LogP contribution in [0.1, 0.15) is 35.2 Å². The van der Waals surface area contributed by atoms with Gasteiger partial charge in [0.05, 0.1) is 11.3 Å². The third kappa shape index (κ3) is 1.81. The molecule has 0 bridgehead atoms. The first kappa shape index (κ1) is 10.7. The van der Waals surface area contributed by atoms with Gasteiger partial charge >= 0.3 is 5.63 Å². The minimum absolute atomic E-state index is 0.0584. The van der Waals surface area contributed by atoms with Crippen molar-refractivity contribution in [2.75, 3.05) is 0 Å². The summed E-state index contributed by atoms with van der Waals surface area (Å²) in [6, 6.07) is 8.20. The van der Waals surface area contributed by atoms with E-state index in [1.54, 1.807) is 0 Å². The van der Waals surface area contributed by atoms with E-state index in [0.29, 0.717) is 5.56 Å². The molecule has 84 valence electrons. The quantitative estimate of drug-likeness (QED) is 0.840. The predicted octanol–water partition coefficient (Wildman–Crippen LogP) is 2.74. The van der Waals surface area contributed by atoms with Gasteiger partial charge in [-0.1, -0.05) is 36.8 Å². The molecule has 0 saturated heterocycles. The van der Waals surface area contributed by atoms with Crippen LogP contribution < -0.4 is 5.63 Å². The number of benzene rings is 1. The maximum atomic E-state index is 11.5. The Morgan fingerprint density at radius 1 is 1.19 bits per heavy atom. The molecule has 1 aromatic carbocycles. The van der Waals surface area contributed by atoms with E-state index >= 15 is 0 Å². The summed E-state index contributed by atoms with van der Waals surface area (Å²) in [5.41, 5.74) is 3.59. The second-order valence-corrected chi connectivity index (χ2v) is 4.16. The van der Waals surface area contributed by atoms with Gasteiger partial charge in [0.2, 0.25) is 0 Å². The lowest BCUT2D eigenvalue weighted by molar-refractivity contribution is 0.386. The van der Waals surface area contributed by atoms with E-state index in [0.717, 1.165) is 11.3 Å². The minimum atomic E-state index is -0.273. The molecule has 1 unspecified atom stereocenters. The Hall–Kier alpha value is -1.77. The van der Waals surface area contributed by atoms with Crippen molar-refractivity contribution in [1.29, 1.82) is 0 Å². The van der Waals surface area contributed by atoms with Gasteiger partial charge in [-0.05, 0) is 19.4 Å². The molecule has 16 heavy (non-hydrogen) atoms. The molecule has 0 fully saturated rings. The number of aromatic amines is 1. The second kappa shape index (κ2) is 4.00. The van der Waals surface area contributed by atoms with E-state index in [4.69, 9.17) is 4.52 Å². The molecule has 0 amide bonds. The monoisotopic (exact) mass is 217 g/mol. The Morgan fingerprint density at radius 3 is 2.31 bits per heavy atom. The predicted molar refractivity (Wildman–Crippen MR) is 62.8 cm³/mol. The number of H-pyrrole nitrogens is 1. The molecule has 0 aliphatic heterocycles. The molecule has 2 aromatic rings. The Bertz CT molecular complexity index is 534. The van der Waals surface area contributed by atoms with Crippen molar-refractivity contribution < 1.29 is 4.52 Å². The molecule has 1 atom stereocenters. The summed E-state index contributed by atoms with van der Waals surface area (Å²) in [6.45, 7) is 5.91. The van der Waals surface area contributed by atoms with Crippen LogP contribution in [0.3, 0.4) is 0 Å². The third-order valence-corrected chi connectivity index (χ3v) is 2.93. The van der Waals surface area contributed by atoms with Crippen LogP contribution in [0, 0.1) is 13.8 Å². The van der Waals surface area contributed by atoms with Gasteiger partial charge in [0.1, 0.15) is 0 Å². The van der Waals surface area contributed by atoms with E-state index in [9.17, 15) is 4.79 Å². The molecule has 1 N–H and O–H groups in total. The Kier molecular flexibility index (Phi) is 2.69. The van der Waals surface area contributed by atoms with Crippen molar-refractivity contribution in [3.05, 3.63) is 57.1 Å². The first-order chi connectivity index (χ1) is 7.59. The zero-order valence-electron chi connectivity index (χ0n) is 9.70. The van der Waals surface area contributed by atoms with Gasteiger partial charge < -0.3 is 4.52 Å². The van der Waals surface area contributed by atoms with Gasteiger partial charge in [-0.3, -0.25) is 0 Å². The molecule has 3 nitrogen and oxygen atoms in total. The van der Waals surface area contributed by atoms with E-state index in [1.807, 2.05) is 32.9 Å². The maximum Gasteiger partial charge on any atom is 0.361 e. The number of hydrogen-bond acceptors (Lipinski definition) is 2. The Balaban J connectivity index is 2.43. The second-order valence-electron chi connectivity index (χ2n) is 4.16. The Labute approximate surface area is 94.1 Å².